The van der Waals surface area contributed by atoms with E-state index in [4.69, 9.17) is 17.2 Å². The first kappa shape index (κ1) is 28.2. The van der Waals surface area contributed by atoms with Crippen LogP contribution in [0, 0.1) is 0 Å². The van der Waals surface area contributed by atoms with Gasteiger partial charge in [0, 0.05) is 25.2 Å². The van der Waals surface area contributed by atoms with Crippen LogP contribution >= 0.6 is 11.3 Å². The monoisotopic (exact) mass is 576 g/mol. The normalized spacial score (nSPS) is 20.9. The molecule has 12 nitrogen and oxygen atoms in total. The molecule has 2 saturated heterocycles. The summed E-state index contributed by atoms with van der Waals surface area (Å²) < 4.78 is 0.852. The molecule has 2 aliphatic heterocycles. The van der Waals surface area contributed by atoms with E-state index in [0.29, 0.717) is 23.9 Å². The van der Waals surface area contributed by atoms with Crippen molar-refractivity contribution in [2.75, 3.05) is 19.6 Å². The fourth-order valence-corrected chi connectivity index (χ4v) is 6.46. The molecule has 3 aromatic rings. The van der Waals surface area contributed by atoms with Gasteiger partial charge in [0.15, 0.2) is 11.0 Å². The highest BCUT2D eigenvalue weighted by Crippen LogP contribution is 2.32. The Morgan fingerprint density at radius 3 is 2.51 bits per heavy atom. The summed E-state index contributed by atoms with van der Waals surface area (Å²) in [5, 5.41) is 3.11. The van der Waals surface area contributed by atoms with Gasteiger partial charge in [-0.15, -0.1) is 11.3 Å². The second kappa shape index (κ2) is 12.0. The van der Waals surface area contributed by atoms with Crippen LogP contribution in [0.25, 0.3) is 10.2 Å². The molecule has 214 valence electrons. The number of carbonyl (C=O) groups excluding carboxylic acids is 4. The number of thiazole rings is 1. The lowest BCUT2D eigenvalue weighted by Crippen LogP contribution is -2.66. The van der Waals surface area contributed by atoms with Crippen molar-refractivity contribution >= 4 is 51.0 Å². The van der Waals surface area contributed by atoms with Crippen LogP contribution in [-0.4, -0.2) is 88.0 Å². The number of ketones is 1. The van der Waals surface area contributed by atoms with Crippen molar-refractivity contribution in [1.82, 2.24) is 20.1 Å². The highest BCUT2D eigenvalue weighted by atomic mass is 32.1. The lowest BCUT2D eigenvalue weighted by atomic mass is 10.0. The number of benzene rings is 2. The lowest BCUT2D eigenvalue weighted by molar-refractivity contribution is -0.148. The maximum atomic E-state index is 13.6. The molecule has 1 aromatic heterocycles. The van der Waals surface area contributed by atoms with E-state index in [0.717, 1.165) is 4.70 Å². The predicted octanol–water partition coefficient (Wildman–Crippen LogP) is 0.470. The van der Waals surface area contributed by atoms with Crippen LogP contribution in [-0.2, 0) is 9.59 Å². The van der Waals surface area contributed by atoms with Crippen molar-refractivity contribution < 1.29 is 19.2 Å². The number of aromatic nitrogens is 1. The zero-order chi connectivity index (χ0) is 29.1. The van der Waals surface area contributed by atoms with Gasteiger partial charge in [0.25, 0.3) is 5.91 Å². The van der Waals surface area contributed by atoms with Gasteiger partial charge in [0.2, 0.25) is 17.6 Å². The van der Waals surface area contributed by atoms with E-state index in [-0.39, 0.29) is 60.7 Å². The zero-order valence-corrected chi connectivity index (χ0v) is 23.1. The van der Waals surface area contributed by atoms with Gasteiger partial charge in [0.05, 0.1) is 22.3 Å². The number of amides is 3. The summed E-state index contributed by atoms with van der Waals surface area (Å²) >= 11 is 1.24. The minimum absolute atomic E-state index is 0.0772. The fourth-order valence-electron chi connectivity index (χ4n) is 5.50. The zero-order valence-electron chi connectivity index (χ0n) is 22.3. The van der Waals surface area contributed by atoms with E-state index >= 15 is 0 Å². The highest BCUT2D eigenvalue weighted by Gasteiger charge is 2.50. The molecule has 41 heavy (non-hydrogen) atoms. The Morgan fingerprint density at radius 2 is 1.80 bits per heavy atom. The van der Waals surface area contributed by atoms with Crippen molar-refractivity contribution in [2.24, 2.45) is 22.2 Å². The van der Waals surface area contributed by atoms with Crippen LogP contribution < -0.4 is 22.5 Å². The van der Waals surface area contributed by atoms with Crippen molar-refractivity contribution in [3.8, 4) is 0 Å². The van der Waals surface area contributed by atoms with Crippen LogP contribution in [0.3, 0.4) is 0 Å². The first-order valence-corrected chi connectivity index (χ1v) is 14.2. The molecule has 3 heterocycles. The molecule has 2 fully saturated rings. The number of hydrogen-bond donors (Lipinski definition) is 4. The summed E-state index contributed by atoms with van der Waals surface area (Å²) in [4.78, 5) is 65.5. The van der Waals surface area contributed by atoms with Gasteiger partial charge in [-0.1, -0.05) is 30.3 Å². The number of para-hydroxylation sites is 1. The maximum Gasteiger partial charge on any atom is 0.254 e. The number of piperazine rings is 1. The van der Waals surface area contributed by atoms with Crippen molar-refractivity contribution in [3.05, 3.63) is 65.2 Å². The largest absolute Gasteiger partial charge is 0.370 e. The molecule has 2 aromatic carbocycles. The first-order chi connectivity index (χ1) is 19.8. The third kappa shape index (κ3) is 5.77. The maximum absolute atomic E-state index is 13.6. The molecular weight excluding hydrogens is 544 g/mol. The van der Waals surface area contributed by atoms with Crippen molar-refractivity contribution in [1.29, 1.82) is 0 Å². The number of hydrogen-bond acceptors (Lipinski definition) is 8. The molecule has 0 bridgehead atoms. The topological polar surface area (TPSA) is 190 Å². The van der Waals surface area contributed by atoms with Gasteiger partial charge >= 0.3 is 0 Å². The summed E-state index contributed by atoms with van der Waals surface area (Å²) in [6.07, 6.45) is 1.07. The Labute approximate surface area is 240 Å². The molecule has 0 radical (unpaired) electrons. The Morgan fingerprint density at radius 1 is 1.07 bits per heavy atom. The van der Waals surface area contributed by atoms with Gasteiger partial charge < -0.3 is 32.3 Å². The van der Waals surface area contributed by atoms with Crippen LogP contribution in [0.2, 0.25) is 0 Å². The van der Waals surface area contributed by atoms with Gasteiger partial charge in [-0.3, -0.25) is 24.2 Å². The molecule has 2 aliphatic rings. The number of Topliss-reactive ketones (excluding diaryl/α,β-unsaturated/α-hetero) is 1. The van der Waals surface area contributed by atoms with E-state index in [1.54, 1.807) is 24.3 Å². The number of fused-ring (bicyclic) bond motifs is 2. The summed E-state index contributed by atoms with van der Waals surface area (Å²) in [6.45, 7) is 0.307. The summed E-state index contributed by atoms with van der Waals surface area (Å²) in [6, 6.07) is 13.1. The van der Waals surface area contributed by atoms with E-state index < -0.39 is 24.0 Å². The van der Waals surface area contributed by atoms with Gasteiger partial charge in [-0.25, -0.2) is 4.98 Å². The van der Waals surface area contributed by atoms with Crippen LogP contribution in [0.5, 0.6) is 0 Å². The Balaban J connectivity index is 1.34. The van der Waals surface area contributed by atoms with Crippen molar-refractivity contribution in [3.63, 3.8) is 0 Å². The second-order valence-electron chi connectivity index (χ2n) is 10.1. The fraction of sp³-hybridized carbons (Fsp3) is 0.357. The molecule has 13 heteroatoms. The van der Waals surface area contributed by atoms with E-state index in [1.165, 1.54) is 21.1 Å². The van der Waals surface area contributed by atoms with E-state index in [2.05, 4.69) is 15.3 Å². The number of nitrogens with one attached hydrogen (secondary N) is 1. The second-order valence-corrected chi connectivity index (χ2v) is 11.1. The van der Waals surface area contributed by atoms with Crippen LogP contribution in [0.15, 0.2) is 59.6 Å². The summed E-state index contributed by atoms with van der Waals surface area (Å²) in [7, 11) is 0. The Hall–Kier alpha value is -4.36. The molecule has 0 aliphatic carbocycles. The van der Waals surface area contributed by atoms with Crippen molar-refractivity contribution in [2.45, 2.75) is 43.4 Å². The smallest absolute Gasteiger partial charge is 0.254 e. The number of nitrogens with zero attached hydrogens (tertiary/aromatic N) is 4. The minimum Gasteiger partial charge on any atom is -0.370 e. The van der Waals surface area contributed by atoms with Crippen LogP contribution in [0.1, 0.15) is 39.4 Å². The number of guanidine groups is 1. The molecular formula is C28H32N8O4S. The highest BCUT2D eigenvalue weighted by molar-refractivity contribution is 7.20. The molecule has 0 saturated carbocycles. The van der Waals surface area contributed by atoms with Gasteiger partial charge in [-0.2, -0.15) is 0 Å². The van der Waals surface area contributed by atoms with E-state index in [9.17, 15) is 19.2 Å². The lowest BCUT2D eigenvalue weighted by Gasteiger charge is -2.44. The number of rotatable bonds is 9. The molecule has 3 amide bonds. The third-order valence-corrected chi connectivity index (χ3v) is 8.53. The van der Waals surface area contributed by atoms with Gasteiger partial charge in [0.1, 0.15) is 12.1 Å². The summed E-state index contributed by atoms with van der Waals surface area (Å²) in [5.74, 6) is -1.58. The first-order valence-electron chi connectivity index (χ1n) is 13.4. The average molecular weight is 577 g/mol. The molecule has 4 atom stereocenters. The molecule has 4 unspecified atom stereocenters. The van der Waals surface area contributed by atoms with Crippen LogP contribution in [0.4, 0.5) is 0 Å². The Bertz CT molecular complexity index is 1460. The number of carbonyl (C=O) groups is 4. The molecule has 5 rings (SSSR count). The summed E-state index contributed by atoms with van der Waals surface area (Å²) in [5.41, 5.74) is 18.1. The predicted molar refractivity (Wildman–Crippen MR) is 155 cm³/mol. The minimum atomic E-state index is -0.952. The van der Waals surface area contributed by atoms with Gasteiger partial charge in [-0.05, 0) is 43.5 Å². The van der Waals surface area contributed by atoms with E-state index in [1.807, 2.05) is 30.3 Å². The number of nitrogens with two attached hydrogens (primary N) is 3. The quantitative estimate of drug-likeness (QED) is 0.161. The number of aliphatic imine (C=N–C) groups is 1. The Kier molecular flexibility index (Phi) is 8.26. The third-order valence-electron chi connectivity index (χ3n) is 7.48. The SMILES string of the molecule is NCC1C(=O)N2C(CCC2C(=O)NC(CCN=C(N)N)C(=O)c2nc3ccccc3s2)CN1C(=O)c1ccccc1. The standard InChI is InChI=1S/C28H32N8O4S/c29-14-21-27(40)36-17(15-35(21)26(39)16-6-2-1-3-7-16)10-11-20(36)24(38)33-19(12-13-32-28(30)31)23(37)25-34-18-8-4-5-9-22(18)41-25/h1-9,17,19-21H,10-15,29H2,(H,33,38)(H4,30,31,32). The average Bonchev–Trinajstić information content (AvgIpc) is 3.61. The molecule has 7 N–H and O–H groups in total. The molecule has 0 spiro atoms.